The predicted molar refractivity (Wildman–Crippen MR) is 141 cm³/mol. The lowest BCUT2D eigenvalue weighted by Crippen LogP contribution is -2.48. The molecule has 3 aliphatic heterocycles. The highest BCUT2D eigenvalue weighted by Gasteiger charge is 2.64. The van der Waals surface area contributed by atoms with E-state index in [4.69, 9.17) is 16.3 Å². The summed E-state index contributed by atoms with van der Waals surface area (Å²) in [5.74, 6) is -1.88. The number of imide groups is 1. The van der Waals surface area contributed by atoms with Gasteiger partial charge >= 0.3 is 0 Å². The fraction of sp³-hybridized carbons (Fsp3) is 0.179. The average molecular weight is 564 g/mol. The Bertz CT molecular complexity index is 1470. The molecule has 6 nitrogen and oxygen atoms in total. The number of methoxy groups -OCH3 is 1. The minimum Gasteiger partial charge on any atom is -0.496 e. The van der Waals surface area contributed by atoms with Crippen molar-refractivity contribution >= 4 is 62.6 Å². The smallest absolute Gasteiger partial charge is 0.240 e. The number of halogens is 2. The molecule has 0 aromatic heterocycles. The number of rotatable bonds is 4. The van der Waals surface area contributed by atoms with Crippen molar-refractivity contribution in [2.45, 2.75) is 12.1 Å². The van der Waals surface area contributed by atoms with E-state index in [0.717, 1.165) is 11.3 Å². The number of ketones is 1. The lowest BCUT2D eigenvalue weighted by Gasteiger charge is -2.36. The van der Waals surface area contributed by atoms with Crippen LogP contribution in [0, 0.1) is 11.8 Å². The molecular formula is C28H20BrClN2O4. The Kier molecular flexibility index (Phi) is 5.50. The van der Waals surface area contributed by atoms with E-state index in [0.29, 0.717) is 26.5 Å². The number of carbonyl (C=O) groups excluding carboxylic acids is 3. The second-order valence-corrected chi connectivity index (χ2v) is 10.3. The summed E-state index contributed by atoms with van der Waals surface area (Å²) in [5, 5.41) is 0.425. The fourth-order valence-corrected chi connectivity index (χ4v) is 6.40. The van der Waals surface area contributed by atoms with Gasteiger partial charge in [0, 0.05) is 16.3 Å². The minimum absolute atomic E-state index is 0.227. The van der Waals surface area contributed by atoms with Crippen molar-refractivity contribution in [2.75, 3.05) is 16.9 Å². The Labute approximate surface area is 221 Å². The maximum Gasteiger partial charge on any atom is 0.240 e. The van der Waals surface area contributed by atoms with Gasteiger partial charge in [-0.2, -0.15) is 0 Å². The second-order valence-electron chi connectivity index (χ2n) is 9.02. The molecular weight excluding hydrogens is 544 g/mol. The van der Waals surface area contributed by atoms with Gasteiger partial charge in [0.2, 0.25) is 11.8 Å². The largest absolute Gasteiger partial charge is 0.496 e. The average Bonchev–Trinajstić information content (AvgIpc) is 3.36. The summed E-state index contributed by atoms with van der Waals surface area (Å²) in [6.45, 7) is 0. The van der Waals surface area contributed by atoms with Gasteiger partial charge in [-0.15, -0.1) is 0 Å². The minimum atomic E-state index is -0.855. The lowest BCUT2D eigenvalue weighted by atomic mass is 9.86. The van der Waals surface area contributed by atoms with E-state index in [-0.39, 0.29) is 11.7 Å². The van der Waals surface area contributed by atoms with E-state index in [2.05, 4.69) is 15.9 Å². The van der Waals surface area contributed by atoms with Gasteiger partial charge in [0.05, 0.1) is 35.1 Å². The van der Waals surface area contributed by atoms with Gasteiger partial charge in [-0.25, -0.2) is 4.90 Å². The molecule has 2 fully saturated rings. The van der Waals surface area contributed by atoms with Crippen LogP contribution in [0.15, 0.2) is 77.3 Å². The second kappa shape index (κ2) is 8.61. The first kappa shape index (κ1) is 23.0. The molecule has 0 bridgehead atoms. The van der Waals surface area contributed by atoms with Gasteiger partial charge in [0.25, 0.3) is 0 Å². The number of hydrogen-bond donors (Lipinski definition) is 0. The monoisotopic (exact) mass is 562 g/mol. The highest BCUT2D eigenvalue weighted by Crippen LogP contribution is 2.50. The first-order chi connectivity index (χ1) is 17.4. The van der Waals surface area contributed by atoms with E-state index in [1.54, 1.807) is 49.6 Å². The maximum absolute atomic E-state index is 14.1. The summed E-state index contributed by atoms with van der Waals surface area (Å²) in [6, 6.07) is 18.2. The number of carbonyl (C=O) groups is 3. The van der Waals surface area contributed by atoms with Crippen molar-refractivity contribution in [3.8, 4) is 5.75 Å². The SMILES string of the molecule is COc1ccc(C(=O)[C@H]2[C@@H]3C(=O)N(c4cccc(Cl)c4)C(=O)[C@@H]3[C@H]3C=Cc4ccccc4N32)cc1Br. The third kappa shape index (κ3) is 3.33. The Morgan fingerprint density at radius 3 is 2.50 bits per heavy atom. The Balaban J connectivity index is 1.49. The van der Waals surface area contributed by atoms with Crippen LogP contribution < -0.4 is 14.5 Å². The van der Waals surface area contributed by atoms with Crippen LogP contribution in [-0.4, -0.2) is 36.8 Å². The highest BCUT2D eigenvalue weighted by molar-refractivity contribution is 9.10. The standard InChI is InChI=1S/C28H20BrClN2O4/c1-36-22-12-10-16(13-19(22)29)26(33)25-24-23(21-11-9-15-5-2-3-8-20(15)32(21)25)27(34)31(28(24)35)18-7-4-6-17(30)14-18/h2-14,21,23-25H,1H3/t21-,23-,24-,25-/m1/s1. The zero-order valence-electron chi connectivity index (χ0n) is 19.1. The van der Waals surface area contributed by atoms with Gasteiger partial charge < -0.3 is 9.64 Å². The molecule has 0 unspecified atom stereocenters. The third-order valence-corrected chi connectivity index (χ3v) is 8.04. The number of ether oxygens (including phenoxy) is 1. The molecule has 0 radical (unpaired) electrons. The summed E-state index contributed by atoms with van der Waals surface area (Å²) in [6.07, 6.45) is 3.90. The first-order valence-corrected chi connectivity index (χ1v) is 12.6. The highest BCUT2D eigenvalue weighted by atomic mass is 79.9. The number of benzene rings is 3. The molecule has 4 atom stereocenters. The molecule has 8 heteroatoms. The number of hydrogen-bond acceptors (Lipinski definition) is 5. The Morgan fingerprint density at radius 2 is 1.75 bits per heavy atom. The van der Waals surface area contributed by atoms with E-state index in [9.17, 15) is 14.4 Å². The predicted octanol–water partition coefficient (Wildman–Crippen LogP) is 5.38. The number of fused-ring (bicyclic) bond motifs is 5. The number of anilines is 2. The van der Waals surface area contributed by atoms with E-state index in [1.807, 2.05) is 41.3 Å². The molecule has 3 aromatic carbocycles. The number of Topliss-reactive ketones (excluding diaryl/α,β-unsaturated/α-hetero) is 1. The molecule has 3 aliphatic rings. The van der Waals surface area contributed by atoms with Crippen LogP contribution in [-0.2, 0) is 9.59 Å². The molecule has 6 rings (SSSR count). The normalized spacial score (nSPS) is 24.0. The van der Waals surface area contributed by atoms with E-state index < -0.39 is 29.8 Å². The lowest BCUT2D eigenvalue weighted by molar-refractivity contribution is -0.122. The number of nitrogens with zero attached hydrogens (tertiary/aromatic N) is 2. The van der Waals surface area contributed by atoms with Crippen molar-refractivity contribution in [1.82, 2.24) is 0 Å². The van der Waals surface area contributed by atoms with Crippen LogP contribution in [0.3, 0.4) is 0 Å². The van der Waals surface area contributed by atoms with Gasteiger partial charge in [0.1, 0.15) is 11.8 Å². The molecule has 36 heavy (non-hydrogen) atoms. The summed E-state index contributed by atoms with van der Waals surface area (Å²) in [5.41, 5.74) is 2.62. The Morgan fingerprint density at radius 1 is 0.972 bits per heavy atom. The molecule has 0 saturated carbocycles. The van der Waals surface area contributed by atoms with Crippen LogP contribution in [0.4, 0.5) is 11.4 Å². The van der Waals surface area contributed by atoms with Crippen LogP contribution in [0.5, 0.6) is 5.75 Å². The first-order valence-electron chi connectivity index (χ1n) is 11.5. The maximum atomic E-state index is 14.1. The van der Waals surface area contributed by atoms with Crippen molar-refractivity contribution in [2.24, 2.45) is 11.8 Å². The summed E-state index contributed by atoms with van der Waals surface area (Å²) >= 11 is 9.63. The topological polar surface area (TPSA) is 66.9 Å². The van der Waals surface area contributed by atoms with E-state index in [1.165, 1.54) is 4.90 Å². The van der Waals surface area contributed by atoms with Crippen molar-refractivity contribution in [3.05, 3.63) is 93.4 Å². The zero-order chi connectivity index (χ0) is 25.1. The van der Waals surface area contributed by atoms with Crippen molar-refractivity contribution in [3.63, 3.8) is 0 Å². The molecule has 0 spiro atoms. The van der Waals surface area contributed by atoms with Gasteiger partial charge in [-0.05, 0) is 64.0 Å². The third-order valence-electron chi connectivity index (χ3n) is 7.19. The van der Waals surface area contributed by atoms with Gasteiger partial charge in [-0.1, -0.05) is 48.0 Å². The quantitative estimate of drug-likeness (QED) is 0.315. The van der Waals surface area contributed by atoms with Crippen LogP contribution in [0.1, 0.15) is 15.9 Å². The summed E-state index contributed by atoms with van der Waals surface area (Å²) < 4.78 is 5.95. The van der Waals surface area contributed by atoms with Crippen molar-refractivity contribution < 1.29 is 19.1 Å². The van der Waals surface area contributed by atoms with Crippen LogP contribution in [0.2, 0.25) is 5.02 Å². The summed E-state index contributed by atoms with van der Waals surface area (Å²) in [4.78, 5) is 45.0. The van der Waals surface area contributed by atoms with Crippen LogP contribution >= 0.6 is 27.5 Å². The molecule has 3 aromatic rings. The molecule has 3 heterocycles. The van der Waals surface area contributed by atoms with E-state index >= 15 is 0 Å². The number of amides is 2. The molecule has 0 N–H and O–H groups in total. The van der Waals surface area contributed by atoms with Crippen molar-refractivity contribution in [1.29, 1.82) is 0 Å². The molecule has 2 saturated heterocycles. The zero-order valence-corrected chi connectivity index (χ0v) is 21.4. The fourth-order valence-electron chi connectivity index (χ4n) is 5.67. The molecule has 2 amide bonds. The van der Waals surface area contributed by atoms with Crippen LogP contribution in [0.25, 0.3) is 6.08 Å². The molecule has 0 aliphatic carbocycles. The van der Waals surface area contributed by atoms with Gasteiger partial charge in [0.15, 0.2) is 5.78 Å². The number of para-hydroxylation sites is 1. The summed E-state index contributed by atoms with van der Waals surface area (Å²) in [7, 11) is 1.55. The Hall–Kier alpha value is -3.42. The molecule has 180 valence electrons. The van der Waals surface area contributed by atoms with Gasteiger partial charge in [-0.3, -0.25) is 14.4 Å².